The van der Waals surface area contributed by atoms with Crippen molar-refractivity contribution in [2.24, 2.45) is 12.9 Å². The lowest BCUT2D eigenvalue weighted by atomic mass is 10.3. The zero-order valence-electron chi connectivity index (χ0n) is 10.3. The van der Waals surface area contributed by atoms with Crippen LogP contribution in [0.3, 0.4) is 0 Å². The molecular formula is C10H13N9. The molecule has 0 spiro atoms. The number of aryl methyl sites for hydroxylation is 1. The summed E-state index contributed by atoms with van der Waals surface area (Å²) in [6.45, 7) is 0.606. The van der Waals surface area contributed by atoms with Gasteiger partial charge in [0.1, 0.15) is 5.82 Å². The van der Waals surface area contributed by atoms with E-state index < -0.39 is 0 Å². The van der Waals surface area contributed by atoms with Crippen molar-refractivity contribution in [1.82, 2.24) is 29.9 Å². The summed E-state index contributed by atoms with van der Waals surface area (Å²) in [7, 11) is 1.87. The quantitative estimate of drug-likeness (QED) is 0.383. The number of anilines is 2. The largest absolute Gasteiger partial charge is 0.365 e. The van der Waals surface area contributed by atoms with Gasteiger partial charge in [-0.15, -0.1) is 0 Å². The lowest BCUT2D eigenvalue weighted by Gasteiger charge is -2.06. The zero-order valence-corrected chi connectivity index (χ0v) is 10.3. The van der Waals surface area contributed by atoms with Crippen LogP contribution in [-0.2, 0) is 13.6 Å². The molecule has 0 bridgehead atoms. The number of hydrogen-bond acceptors (Lipinski definition) is 7. The summed E-state index contributed by atoms with van der Waals surface area (Å²) in [5, 5.41) is 14.9. The molecule has 0 fully saturated rings. The maximum atomic E-state index is 5.34. The van der Waals surface area contributed by atoms with Gasteiger partial charge in [-0.3, -0.25) is 15.2 Å². The predicted octanol–water partition coefficient (Wildman–Crippen LogP) is -0.0159. The van der Waals surface area contributed by atoms with Gasteiger partial charge in [0.05, 0.1) is 17.8 Å². The third-order valence-electron chi connectivity index (χ3n) is 2.66. The minimum Gasteiger partial charge on any atom is -0.365 e. The number of hydrogen-bond donors (Lipinski definition) is 4. The van der Waals surface area contributed by atoms with Crippen LogP contribution < -0.4 is 16.6 Å². The van der Waals surface area contributed by atoms with Gasteiger partial charge in [-0.05, 0) is 0 Å². The molecule has 5 N–H and O–H groups in total. The summed E-state index contributed by atoms with van der Waals surface area (Å²) in [5.74, 6) is 6.33. The highest BCUT2D eigenvalue weighted by Crippen LogP contribution is 2.20. The molecule has 98 valence electrons. The Balaban J connectivity index is 1.88. The summed E-state index contributed by atoms with van der Waals surface area (Å²) in [5.41, 5.74) is 4.10. The maximum Gasteiger partial charge on any atom is 0.241 e. The zero-order chi connectivity index (χ0) is 13.2. The monoisotopic (exact) mass is 259 g/mol. The summed E-state index contributed by atoms with van der Waals surface area (Å²) in [6.07, 6.45) is 5.40. The molecule has 0 aliphatic carbocycles. The Morgan fingerprint density at radius 1 is 1.37 bits per heavy atom. The van der Waals surface area contributed by atoms with Crippen molar-refractivity contribution in [2.75, 3.05) is 10.7 Å². The molecule has 0 amide bonds. The van der Waals surface area contributed by atoms with Gasteiger partial charge < -0.3 is 5.32 Å². The molecule has 0 saturated carbocycles. The average Bonchev–Trinajstić information content (AvgIpc) is 3.04. The molecule has 0 saturated heterocycles. The molecule has 3 heterocycles. The number of nitrogen functional groups attached to an aromatic ring is 1. The maximum absolute atomic E-state index is 5.34. The van der Waals surface area contributed by atoms with E-state index in [0.717, 1.165) is 10.9 Å². The van der Waals surface area contributed by atoms with Crippen molar-refractivity contribution >= 4 is 22.8 Å². The summed E-state index contributed by atoms with van der Waals surface area (Å²) < 4.78 is 1.75. The molecule has 0 aromatic carbocycles. The van der Waals surface area contributed by atoms with Crippen molar-refractivity contribution < 1.29 is 0 Å². The SMILES string of the molecule is Cn1cc(CNc2nc(NN)nc3[nH]ncc23)cn1. The molecule has 3 aromatic heterocycles. The molecule has 0 aliphatic heterocycles. The first-order valence-electron chi connectivity index (χ1n) is 5.65. The Hall–Kier alpha value is -2.68. The van der Waals surface area contributed by atoms with Crippen LogP contribution in [0.15, 0.2) is 18.6 Å². The third kappa shape index (κ3) is 2.18. The van der Waals surface area contributed by atoms with Gasteiger partial charge in [-0.25, -0.2) is 5.84 Å². The fraction of sp³-hybridized carbons (Fsp3) is 0.200. The van der Waals surface area contributed by atoms with Gasteiger partial charge in [0.15, 0.2) is 5.65 Å². The van der Waals surface area contributed by atoms with Crippen molar-refractivity contribution in [3.63, 3.8) is 0 Å². The number of nitrogens with zero attached hydrogens (tertiary/aromatic N) is 5. The van der Waals surface area contributed by atoms with E-state index in [0.29, 0.717) is 24.0 Å². The second-order valence-electron chi connectivity index (χ2n) is 4.05. The first-order valence-corrected chi connectivity index (χ1v) is 5.65. The van der Waals surface area contributed by atoms with Crippen molar-refractivity contribution in [1.29, 1.82) is 0 Å². The molecule has 9 nitrogen and oxygen atoms in total. The second-order valence-corrected chi connectivity index (χ2v) is 4.05. The lowest BCUT2D eigenvalue weighted by Crippen LogP contribution is -2.12. The predicted molar refractivity (Wildman–Crippen MR) is 70.0 cm³/mol. The Labute approximate surface area is 108 Å². The molecular weight excluding hydrogens is 246 g/mol. The van der Waals surface area contributed by atoms with Gasteiger partial charge in [0.2, 0.25) is 5.95 Å². The Bertz CT molecular complexity index is 698. The van der Waals surface area contributed by atoms with Crippen LogP contribution in [0.4, 0.5) is 11.8 Å². The summed E-state index contributed by atoms with van der Waals surface area (Å²) >= 11 is 0. The number of nitrogens with two attached hydrogens (primary N) is 1. The van der Waals surface area contributed by atoms with Gasteiger partial charge in [0, 0.05) is 25.4 Å². The second kappa shape index (κ2) is 4.53. The van der Waals surface area contributed by atoms with Crippen LogP contribution in [0.5, 0.6) is 0 Å². The topological polar surface area (TPSA) is 122 Å². The average molecular weight is 259 g/mol. The molecule has 3 aromatic rings. The Morgan fingerprint density at radius 2 is 2.26 bits per heavy atom. The minimum absolute atomic E-state index is 0.324. The number of rotatable bonds is 4. The number of H-pyrrole nitrogens is 1. The van der Waals surface area contributed by atoms with Gasteiger partial charge in [-0.2, -0.15) is 20.2 Å². The number of hydrazine groups is 1. The fourth-order valence-electron chi connectivity index (χ4n) is 1.78. The van der Waals surface area contributed by atoms with Crippen LogP contribution in [-0.4, -0.2) is 29.9 Å². The van der Waals surface area contributed by atoms with Crippen molar-refractivity contribution in [3.8, 4) is 0 Å². The molecule has 0 radical (unpaired) electrons. The van der Waals surface area contributed by atoms with E-state index in [4.69, 9.17) is 5.84 Å². The lowest BCUT2D eigenvalue weighted by molar-refractivity contribution is 0.767. The fourth-order valence-corrected chi connectivity index (χ4v) is 1.78. The van der Waals surface area contributed by atoms with E-state index in [1.807, 2.05) is 13.2 Å². The van der Waals surface area contributed by atoms with Gasteiger partial charge in [-0.1, -0.05) is 0 Å². The van der Waals surface area contributed by atoms with E-state index in [1.165, 1.54) is 0 Å². The van der Waals surface area contributed by atoms with Crippen LogP contribution in [0.2, 0.25) is 0 Å². The smallest absolute Gasteiger partial charge is 0.241 e. The molecule has 0 atom stereocenters. The number of aromatic nitrogens is 6. The summed E-state index contributed by atoms with van der Waals surface area (Å²) in [4.78, 5) is 8.42. The molecule has 0 aliphatic rings. The molecule has 9 heteroatoms. The first-order chi connectivity index (χ1) is 9.26. The third-order valence-corrected chi connectivity index (χ3v) is 2.66. The van der Waals surface area contributed by atoms with E-state index in [2.05, 4.69) is 36.0 Å². The molecule has 19 heavy (non-hydrogen) atoms. The van der Waals surface area contributed by atoms with Gasteiger partial charge >= 0.3 is 0 Å². The standard InChI is InChI=1S/C10H13N9/c1-19-5-6(3-14-19)2-12-8-7-4-13-18-9(7)16-10(15-8)17-11/h3-5H,2,11H2,1H3,(H3,12,13,15,16,17,18). The minimum atomic E-state index is 0.324. The first kappa shape index (κ1) is 11.4. The van der Waals surface area contributed by atoms with E-state index in [1.54, 1.807) is 17.1 Å². The Kier molecular flexibility index (Phi) is 2.72. The van der Waals surface area contributed by atoms with E-state index in [-0.39, 0.29) is 0 Å². The van der Waals surface area contributed by atoms with Crippen LogP contribution in [0, 0.1) is 0 Å². The number of fused-ring (bicyclic) bond motifs is 1. The number of aromatic amines is 1. The normalized spacial score (nSPS) is 10.8. The number of nitrogens with one attached hydrogen (secondary N) is 3. The highest BCUT2D eigenvalue weighted by Gasteiger charge is 2.09. The highest BCUT2D eigenvalue weighted by atomic mass is 15.3. The van der Waals surface area contributed by atoms with Crippen molar-refractivity contribution in [3.05, 3.63) is 24.2 Å². The van der Waals surface area contributed by atoms with Crippen LogP contribution in [0.25, 0.3) is 11.0 Å². The summed E-state index contributed by atoms with van der Waals surface area (Å²) in [6, 6.07) is 0. The van der Waals surface area contributed by atoms with E-state index >= 15 is 0 Å². The van der Waals surface area contributed by atoms with E-state index in [9.17, 15) is 0 Å². The molecule has 3 rings (SSSR count). The van der Waals surface area contributed by atoms with Crippen LogP contribution in [0.1, 0.15) is 5.56 Å². The van der Waals surface area contributed by atoms with Crippen LogP contribution >= 0.6 is 0 Å². The highest BCUT2D eigenvalue weighted by molar-refractivity contribution is 5.86. The van der Waals surface area contributed by atoms with Crippen molar-refractivity contribution in [2.45, 2.75) is 6.54 Å². The Morgan fingerprint density at radius 3 is 3.00 bits per heavy atom. The molecule has 0 unspecified atom stereocenters. The van der Waals surface area contributed by atoms with Gasteiger partial charge in [0.25, 0.3) is 0 Å².